The number of benzene rings is 1. The van der Waals surface area contributed by atoms with Crippen LogP contribution in [0.3, 0.4) is 0 Å². The fraction of sp³-hybridized carbons (Fsp3) is 0.400. The summed E-state index contributed by atoms with van der Waals surface area (Å²) in [7, 11) is 0. The topological polar surface area (TPSA) is 82.4 Å². The first-order valence-corrected chi connectivity index (χ1v) is 11.6. The monoisotopic (exact) mass is 471 g/mol. The van der Waals surface area contributed by atoms with Gasteiger partial charge in [0.2, 0.25) is 5.95 Å². The number of allylic oxidation sites excluding steroid dienone is 4. The quantitative estimate of drug-likeness (QED) is 0.496. The van der Waals surface area contributed by atoms with Crippen molar-refractivity contribution >= 4 is 29.2 Å². The third-order valence-corrected chi connectivity index (χ3v) is 5.46. The molecule has 1 aliphatic carbocycles. The summed E-state index contributed by atoms with van der Waals surface area (Å²) in [5.74, 6) is 0.491. The highest BCUT2D eigenvalue weighted by atomic mass is 35.5. The molecule has 33 heavy (non-hydrogen) atoms. The van der Waals surface area contributed by atoms with E-state index in [1.54, 1.807) is 6.92 Å². The minimum Gasteiger partial charge on any atom is -0.491 e. The van der Waals surface area contributed by atoms with E-state index in [1.807, 2.05) is 44.2 Å². The van der Waals surface area contributed by atoms with E-state index in [1.165, 1.54) is 10.8 Å². The second-order valence-corrected chi connectivity index (χ2v) is 8.50. The maximum absolute atomic E-state index is 13.2. The molecule has 0 atom stereocenters. The second kappa shape index (κ2) is 11.2. The molecule has 2 aromatic rings. The molecule has 1 heterocycles. The minimum atomic E-state index is -0.681. The highest BCUT2D eigenvalue weighted by Gasteiger charge is 2.19. The summed E-state index contributed by atoms with van der Waals surface area (Å²) in [6.45, 7) is 8.20. The van der Waals surface area contributed by atoms with Crippen LogP contribution in [0.15, 0.2) is 51.9 Å². The van der Waals surface area contributed by atoms with Gasteiger partial charge in [-0.3, -0.25) is 9.36 Å². The summed E-state index contributed by atoms with van der Waals surface area (Å²) in [6, 6.07) is 5.78. The Morgan fingerprint density at radius 1 is 1.24 bits per heavy atom. The van der Waals surface area contributed by atoms with Crippen LogP contribution in [0.4, 0.5) is 11.6 Å². The van der Waals surface area contributed by atoms with Crippen molar-refractivity contribution in [3.63, 3.8) is 0 Å². The summed E-state index contributed by atoms with van der Waals surface area (Å²) in [5, 5.41) is 4.02. The number of aryl methyl sites for hydroxylation is 1. The highest BCUT2D eigenvalue weighted by molar-refractivity contribution is 6.29. The lowest BCUT2D eigenvalue weighted by atomic mass is 10.0. The van der Waals surface area contributed by atoms with Crippen LogP contribution in [0, 0.1) is 0 Å². The van der Waals surface area contributed by atoms with Gasteiger partial charge in [0.1, 0.15) is 11.3 Å². The number of hydrogen-bond donors (Lipinski definition) is 1. The van der Waals surface area contributed by atoms with E-state index in [9.17, 15) is 9.59 Å². The van der Waals surface area contributed by atoms with E-state index >= 15 is 0 Å². The number of carbonyl (C=O) groups is 1. The lowest BCUT2D eigenvalue weighted by Gasteiger charge is -2.19. The molecule has 1 aromatic carbocycles. The van der Waals surface area contributed by atoms with Gasteiger partial charge in [0, 0.05) is 10.7 Å². The molecule has 0 amide bonds. The van der Waals surface area contributed by atoms with E-state index in [-0.39, 0.29) is 24.8 Å². The van der Waals surface area contributed by atoms with Crippen molar-refractivity contribution in [2.75, 3.05) is 11.9 Å². The Labute approximate surface area is 199 Å². The average Bonchev–Trinajstić information content (AvgIpc) is 2.78. The van der Waals surface area contributed by atoms with E-state index < -0.39 is 11.5 Å². The number of carbonyl (C=O) groups excluding carboxylic acids is 1. The number of ether oxygens (including phenoxy) is 2. The molecule has 0 radical (unpaired) electrons. The predicted molar refractivity (Wildman–Crippen MR) is 131 cm³/mol. The van der Waals surface area contributed by atoms with E-state index in [4.69, 9.17) is 21.1 Å². The lowest BCUT2D eigenvalue weighted by Crippen LogP contribution is -2.30. The van der Waals surface area contributed by atoms with Gasteiger partial charge in [-0.05, 0) is 75.4 Å². The van der Waals surface area contributed by atoms with E-state index in [2.05, 4.69) is 17.2 Å². The van der Waals surface area contributed by atoms with Gasteiger partial charge >= 0.3 is 5.97 Å². The zero-order valence-corrected chi connectivity index (χ0v) is 20.2. The molecule has 176 valence electrons. The molecule has 0 unspecified atom stereocenters. The van der Waals surface area contributed by atoms with Gasteiger partial charge in [0.05, 0.1) is 25.5 Å². The summed E-state index contributed by atoms with van der Waals surface area (Å²) in [4.78, 5) is 29.9. The first-order valence-electron chi connectivity index (χ1n) is 11.2. The third-order valence-electron chi connectivity index (χ3n) is 5.15. The standard InChI is InChI=1S/C25H30ClN3O4/c1-5-18-13-20(11-12-22(18)33-16(3)4)28-25-27-14-21(24(31)32-6-2)23(30)29(25)15-17-7-9-19(26)10-8-17/h7,9,11-14,16H,5-6,8,10,15H2,1-4H3,(H,27,28). The normalized spacial score (nSPS) is 13.4. The second-order valence-electron chi connectivity index (χ2n) is 8.01. The van der Waals surface area contributed by atoms with Gasteiger partial charge in [-0.2, -0.15) is 0 Å². The van der Waals surface area contributed by atoms with Crippen LogP contribution in [0.5, 0.6) is 5.75 Å². The van der Waals surface area contributed by atoms with Crippen LogP contribution in [0.1, 0.15) is 56.5 Å². The van der Waals surface area contributed by atoms with Crippen molar-refractivity contribution in [2.45, 2.75) is 59.6 Å². The first kappa shape index (κ1) is 24.6. The Bertz CT molecular complexity index is 1130. The van der Waals surface area contributed by atoms with Gasteiger partial charge in [-0.15, -0.1) is 0 Å². The smallest absolute Gasteiger partial charge is 0.345 e. The molecular weight excluding hydrogens is 442 g/mol. The first-order chi connectivity index (χ1) is 15.8. The van der Waals surface area contributed by atoms with E-state index in [0.717, 1.165) is 40.4 Å². The SMILES string of the molecule is CCOC(=O)c1cnc(Nc2ccc(OC(C)C)c(CC)c2)n(CC2=CC=C(Cl)CC2)c1=O. The largest absolute Gasteiger partial charge is 0.491 e. The molecule has 0 spiro atoms. The fourth-order valence-electron chi connectivity index (χ4n) is 3.51. The van der Waals surface area contributed by atoms with Crippen LogP contribution in [0.25, 0.3) is 0 Å². The lowest BCUT2D eigenvalue weighted by molar-refractivity contribution is 0.0523. The zero-order chi connectivity index (χ0) is 24.0. The molecule has 3 rings (SSSR count). The van der Waals surface area contributed by atoms with Gasteiger partial charge in [-0.1, -0.05) is 24.6 Å². The van der Waals surface area contributed by atoms with Crippen LogP contribution >= 0.6 is 11.6 Å². The van der Waals surface area contributed by atoms with Crippen molar-refractivity contribution in [1.82, 2.24) is 9.55 Å². The molecule has 7 nitrogen and oxygen atoms in total. The zero-order valence-electron chi connectivity index (χ0n) is 19.5. The molecule has 0 aliphatic heterocycles. The summed E-state index contributed by atoms with van der Waals surface area (Å²) < 4.78 is 12.4. The number of aromatic nitrogens is 2. The molecule has 0 saturated carbocycles. The van der Waals surface area contributed by atoms with Gasteiger partial charge in [-0.25, -0.2) is 9.78 Å². The maximum Gasteiger partial charge on any atom is 0.345 e. The van der Waals surface area contributed by atoms with Crippen LogP contribution in [-0.2, 0) is 17.7 Å². The fourth-order valence-corrected chi connectivity index (χ4v) is 3.67. The average molecular weight is 472 g/mol. The number of rotatable bonds is 9. The Hall–Kier alpha value is -3.06. The number of hydrogen-bond acceptors (Lipinski definition) is 6. The van der Waals surface area contributed by atoms with Gasteiger partial charge in [0.25, 0.3) is 5.56 Å². The third kappa shape index (κ3) is 6.26. The van der Waals surface area contributed by atoms with Crippen LogP contribution in [-0.4, -0.2) is 28.2 Å². The van der Waals surface area contributed by atoms with Crippen molar-refractivity contribution in [2.24, 2.45) is 0 Å². The molecule has 0 saturated heterocycles. The number of anilines is 2. The Morgan fingerprint density at radius 3 is 2.67 bits per heavy atom. The molecule has 0 fully saturated rings. The van der Waals surface area contributed by atoms with Crippen LogP contribution < -0.4 is 15.6 Å². The van der Waals surface area contributed by atoms with Gasteiger partial charge < -0.3 is 14.8 Å². The molecular formula is C25H30ClN3O4. The number of halogens is 1. The molecule has 1 N–H and O–H groups in total. The molecule has 1 aromatic heterocycles. The summed E-state index contributed by atoms with van der Waals surface area (Å²) >= 11 is 6.08. The number of esters is 1. The molecule has 8 heteroatoms. The van der Waals surface area contributed by atoms with Crippen LogP contribution in [0.2, 0.25) is 0 Å². The minimum absolute atomic E-state index is 0.0719. The maximum atomic E-state index is 13.2. The Balaban J connectivity index is 1.99. The summed E-state index contributed by atoms with van der Waals surface area (Å²) in [5.41, 5.74) is 2.28. The van der Waals surface area contributed by atoms with Crippen molar-refractivity contribution in [3.8, 4) is 5.75 Å². The van der Waals surface area contributed by atoms with E-state index in [0.29, 0.717) is 12.4 Å². The Morgan fingerprint density at radius 2 is 2.03 bits per heavy atom. The Kier molecular flexibility index (Phi) is 8.33. The van der Waals surface area contributed by atoms with Crippen molar-refractivity contribution in [1.29, 1.82) is 0 Å². The van der Waals surface area contributed by atoms with Crippen molar-refractivity contribution in [3.05, 3.63) is 68.6 Å². The van der Waals surface area contributed by atoms with Gasteiger partial charge in [0.15, 0.2) is 0 Å². The van der Waals surface area contributed by atoms with Crippen molar-refractivity contribution < 1.29 is 14.3 Å². The number of nitrogens with zero attached hydrogens (tertiary/aromatic N) is 2. The molecule has 0 bridgehead atoms. The molecule has 1 aliphatic rings. The summed E-state index contributed by atoms with van der Waals surface area (Å²) in [6.07, 6.45) is 7.32. The number of nitrogens with one attached hydrogen (secondary N) is 1. The highest BCUT2D eigenvalue weighted by Crippen LogP contribution is 2.27. The predicted octanol–water partition coefficient (Wildman–Crippen LogP) is 5.36.